The van der Waals surface area contributed by atoms with Gasteiger partial charge in [-0.3, -0.25) is 0 Å². The van der Waals surface area contributed by atoms with Crippen molar-refractivity contribution in [3.05, 3.63) is 23.0 Å². The van der Waals surface area contributed by atoms with Gasteiger partial charge in [-0.2, -0.15) is 0 Å². The molecule has 0 aromatic heterocycles. The van der Waals surface area contributed by atoms with Gasteiger partial charge in [0, 0.05) is 6.54 Å². The fraction of sp³-hybridized carbons (Fsp3) is 0.538. The molecule has 0 unspecified atom stereocenters. The Balaban J connectivity index is 1.93. The second-order valence-electron chi connectivity index (χ2n) is 5.10. The minimum Gasteiger partial charge on any atom is -0.396 e. The summed E-state index contributed by atoms with van der Waals surface area (Å²) in [6, 6.07) is 1.95. The smallest absolute Gasteiger partial charge is 0.242 e. The molecule has 8 heteroatoms. The molecular weight excluding hydrogens is 317 g/mol. The largest absolute Gasteiger partial charge is 0.396 e. The molecule has 0 saturated carbocycles. The highest BCUT2D eigenvalue weighted by Crippen LogP contribution is 2.26. The summed E-state index contributed by atoms with van der Waals surface area (Å²) in [7, 11) is -3.77. The summed E-state index contributed by atoms with van der Waals surface area (Å²) in [6.07, 6.45) is 3.12. The zero-order valence-corrected chi connectivity index (χ0v) is 13.2. The minimum absolute atomic E-state index is 0.172. The number of hydrogen-bond acceptors (Lipinski definition) is 4. The minimum atomic E-state index is -3.77. The van der Waals surface area contributed by atoms with Gasteiger partial charge in [0.05, 0.1) is 10.7 Å². The van der Waals surface area contributed by atoms with Crippen LogP contribution in [0.15, 0.2) is 17.0 Å². The predicted molar refractivity (Wildman–Crippen MR) is 81.3 cm³/mol. The molecular formula is C13H19ClFN3O2S. The molecule has 118 valence electrons. The van der Waals surface area contributed by atoms with Crippen LogP contribution in [-0.2, 0) is 10.0 Å². The maximum Gasteiger partial charge on any atom is 0.242 e. The first-order chi connectivity index (χ1) is 9.90. The number of nitrogens with zero attached hydrogens (tertiary/aromatic N) is 1. The van der Waals surface area contributed by atoms with Crippen LogP contribution in [0.5, 0.6) is 0 Å². The molecule has 1 aliphatic rings. The van der Waals surface area contributed by atoms with Crippen LogP contribution in [0.1, 0.15) is 19.3 Å². The van der Waals surface area contributed by atoms with E-state index in [9.17, 15) is 12.8 Å². The van der Waals surface area contributed by atoms with Crippen LogP contribution in [0.4, 0.5) is 10.1 Å². The summed E-state index contributed by atoms with van der Waals surface area (Å²) in [5.41, 5.74) is 5.15. The lowest BCUT2D eigenvalue weighted by Crippen LogP contribution is -2.29. The Morgan fingerprint density at radius 1 is 1.33 bits per heavy atom. The summed E-state index contributed by atoms with van der Waals surface area (Å²) in [6.45, 7) is 3.33. The zero-order valence-electron chi connectivity index (χ0n) is 11.6. The molecule has 0 spiro atoms. The first-order valence-corrected chi connectivity index (χ1v) is 8.73. The van der Waals surface area contributed by atoms with Gasteiger partial charge >= 0.3 is 0 Å². The molecule has 0 amide bonds. The lowest BCUT2D eigenvalue weighted by atomic mass is 10.3. The third-order valence-corrected chi connectivity index (χ3v) is 5.41. The molecule has 0 atom stereocenters. The van der Waals surface area contributed by atoms with Gasteiger partial charge in [-0.15, -0.1) is 0 Å². The fourth-order valence-corrected chi connectivity index (χ4v) is 3.97. The summed E-state index contributed by atoms with van der Waals surface area (Å²) in [5.74, 6) is -0.729. The highest BCUT2D eigenvalue weighted by atomic mass is 35.5. The van der Waals surface area contributed by atoms with Crippen molar-refractivity contribution in [2.45, 2.75) is 24.2 Å². The third-order valence-electron chi connectivity index (χ3n) is 3.48. The van der Waals surface area contributed by atoms with Crippen molar-refractivity contribution >= 4 is 27.3 Å². The molecule has 0 aliphatic carbocycles. The summed E-state index contributed by atoms with van der Waals surface area (Å²) >= 11 is 5.78. The highest BCUT2D eigenvalue weighted by molar-refractivity contribution is 7.89. The Bertz CT molecular complexity index is 604. The van der Waals surface area contributed by atoms with E-state index >= 15 is 0 Å². The van der Waals surface area contributed by atoms with E-state index in [0.717, 1.165) is 31.8 Å². The zero-order chi connectivity index (χ0) is 15.5. The molecule has 3 N–H and O–H groups in total. The van der Waals surface area contributed by atoms with E-state index in [2.05, 4.69) is 9.62 Å². The average Bonchev–Trinajstić information content (AvgIpc) is 2.92. The molecule has 1 aromatic rings. The molecule has 21 heavy (non-hydrogen) atoms. The summed E-state index contributed by atoms with van der Waals surface area (Å²) in [5, 5.41) is -0.172. The van der Waals surface area contributed by atoms with Crippen molar-refractivity contribution in [2.75, 3.05) is 31.9 Å². The molecule has 5 nitrogen and oxygen atoms in total. The van der Waals surface area contributed by atoms with Gasteiger partial charge in [0.1, 0.15) is 10.7 Å². The number of nitrogen functional groups attached to an aromatic ring is 1. The normalized spacial score (nSPS) is 16.5. The Kier molecular flexibility index (Phi) is 5.43. The number of rotatable bonds is 6. The first-order valence-electron chi connectivity index (χ1n) is 6.87. The van der Waals surface area contributed by atoms with Crippen molar-refractivity contribution in [1.29, 1.82) is 0 Å². The highest BCUT2D eigenvalue weighted by Gasteiger charge is 2.20. The molecule has 0 radical (unpaired) electrons. The van der Waals surface area contributed by atoms with Gasteiger partial charge in [-0.1, -0.05) is 11.6 Å². The fourth-order valence-electron chi connectivity index (χ4n) is 2.34. The van der Waals surface area contributed by atoms with Crippen LogP contribution >= 0.6 is 11.6 Å². The van der Waals surface area contributed by atoms with Crippen molar-refractivity contribution in [3.8, 4) is 0 Å². The van der Waals surface area contributed by atoms with Gasteiger partial charge < -0.3 is 10.6 Å². The number of benzene rings is 1. The van der Waals surface area contributed by atoms with E-state index in [0.29, 0.717) is 13.0 Å². The van der Waals surface area contributed by atoms with E-state index in [1.807, 2.05) is 0 Å². The average molecular weight is 336 g/mol. The van der Waals surface area contributed by atoms with Crippen LogP contribution in [0, 0.1) is 5.82 Å². The Labute approximate surface area is 129 Å². The monoisotopic (exact) mass is 335 g/mol. The van der Waals surface area contributed by atoms with Crippen molar-refractivity contribution < 1.29 is 12.8 Å². The van der Waals surface area contributed by atoms with Gasteiger partial charge in [0.15, 0.2) is 0 Å². The number of halogens is 2. The second kappa shape index (κ2) is 6.91. The van der Waals surface area contributed by atoms with Crippen molar-refractivity contribution in [2.24, 2.45) is 0 Å². The van der Waals surface area contributed by atoms with Gasteiger partial charge in [0.25, 0.3) is 0 Å². The maximum atomic E-state index is 13.2. The number of nitrogens with two attached hydrogens (primary N) is 1. The van der Waals surface area contributed by atoms with Crippen LogP contribution in [0.25, 0.3) is 0 Å². The second-order valence-corrected chi connectivity index (χ2v) is 7.25. The van der Waals surface area contributed by atoms with Gasteiger partial charge in [0.2, 0.25) is 10.0 Å². The van der Waals surface area contributed by atoms with Crippen LogP contribution < -0.4 is 10.5 Å². The van der Waals surface area contributed by atoms with Crippen LogP contribution in [0.3, 0.4) is 0 Å². The summed E-state index contributed by atoms with van der Waals surface area (Å²) < 4.78 is 39.9. The maximum absolute atomic E-state index is 13.2. The molecule has 0 bridgehead atoms. The Morgan fingerprint density at radius 2 is 2.00 bits per heavy atom. The number of nitrogens with one attached hydrogen (secondary N) is 1. The molecule has 1 heterocycles. The number of likely N-dealkylation sites (tertiary alicyclic amines) is 1. The lowest BCUT2D eigenvalue weighted by molar-refractivity contribution is 0.334. The molecule has 1 fully saturated rings. The van der Waals surface area contributed by atoms with E-state index in [1.165, 1.54) is 12.8 Å². The third kappa shape index (κ3) is 4.29. The molecule has 1 aliphatic heterocycles. The SMILES string of the molecule is Nc1cc(S(=O)(=O)NCCCN2CCCC2)c(Cl)cc1F. The number of sulfonamides is 1. The molecule has 1 saturated heterocycles. The van der Waals surface area contributed by atoms with Crippen LogP contribution in [0.2, 0.25) is 5.02 Å². The predicted octanol–water partition coefficient (Wildman–Crippen LogP) is 1.83. The van der Waals surface area contributed by atoms with Crippen molar-refractivity contribution in [3.63, 3.8) is 0 Å². The van der Waals surface area contributed by atoms with Crippen LogP contribution in [-0.4, -0.2) is 39.5 Å². The Hall–Kier alpha value is -0.890. The molecule has 1 aromatic carbocycles. The number of anilines is 1. The van der Waals surface area contributed by atoms with E-state index in [1.54, 1.807) is 0 Å². The summed E-state index contributed by atoms with van der Waals surface area (Å²) in [4.78, 5) is 2.11. The Morgan fingerprint density at radius 3 is 2.67 bits per heavy atom. The van der Waals surface area contributed by atoms with E-state index in [4.69, 9.17) is 17.3 Å². The lowest BCUT2D eigenvalue weighted by Gasteiger charge is -2.14. The number of hydrogen-bond donors (Lipinski definition) is 2. The van der Waals surface area contributed by atoms with E-state index < -0.39 is 15.8 Å². The standard InChI is InChI=1S/C13H19ClFN3O2S/c14-10-8-11(15)12(16)9-13(10)21(19,20)17-4-3-7-18-5-1-2-6-18/h8-9,17H,1-7,16H2. The van der Waals surface area contributed by atoms with Crippen molar-refractivity contribution in [1.82, 2.24) is 9.62 Å². The first kappa shape index (κ1) is 16.5. The quantitative estimate of drug-likeness (QED) is 0.614. The van der Waals surface area contributed by atoms with Gasteiger partial charge in [-0.25, -0.2) is 17.5 Å². The van der Waals surface area contributed by atoms with E-state index in [-0.39, 0.29) is 15.6 Å². The molecule has 2 rings (SSSR count). The van der Waals surface area contributed by atoms with Gasteiger partial charge in [-0.05, 0) is 51.0 Å². The topological polar surface area (TPSA) is 75.4 Å².